The molecule has 2 nitrogen and oxygen atoms in total. The number of benzene rings is 6. The Labute approximate surface area is 253 Å². The van der Waals surface area contributed by atoms with E-state index in [2.05, 4.69) is 135 Å². The molecular formula is C41H32N2. The summed E-state index contributed by atoms with van der Waals surface area (Å²) in [5, 5.41) is 12.4. The number of nitriles is 1. The number of nitrogens with zero attached hydrogens (tertiary/aromatic N) is 2. The van der Waals surface area contributed by atoms with Crippen LogP contribution in [-0.2, 0) is 0 Å². The molecule has 7 aromatic rings. The van der Waals surface area contributed by atoms with Crippen molar-refractivity contribution in [3.05, 3.63) is 149 Å². The van der Waals surface area contributed by atoms with Gasteiger partial charge in [0.1, 0.15) is 0 Å². The Balaban J connectivity index is 1.55. The molecular weight excluding hydrogens is 520 g/mol. The highest BCUT2D eigenvalue weighted by atomic mass is 15.0. The summed E-state index contributed by atoms with van der Waals surface area (Å²) in [5.74, 6) is 0. The first-order valence-corrected chi connectivity index (χ1v) is 14.7. The molecule has 206 valence electrons. The highest BCUT2D eigenvalue weighted by molar-refractivity contribution is 6.12. The highest BCUT2D eigenvalue weighted by Gasteiger charge is 2.18. The molecule has 0 fully saturated rings. The second-order valence-electron chi connectivity index (χ2n) is 11.7. The number of para-hydroxylation sites is 1. The van der Waals surface area contributed by atoms with Crippen molar-refractivity contribution < 1.29 is 0 Å². The Kier molecular flexibility index (Phi) is 6.45. The molecule has 0 spiro atoms. The molecule has 1 heterocycles. The van der Waals surface area contributed by atoms with E-state index in [9.17, 15) is 5.26 Å². The fourth-order valence-electron chi connectivity index (χ4n) is 6.64. The SMILES string of the molecule is Cc1cc(C)cc(-c2ccc3c(c2)c2cc(-c4cc(C)cc(C)c4)ccc2n3-c2ccccc2-c2ccccc2C#N)c1. The topological polar surface area (TPSA) is 28.7 Å². The van der Waals surface area contributed by atoms with Crippen molar-refractivity contribution in [2.24, 2.45) is 0 Å². The minimum atomic E-state index is 0.671. The van der Waals surface area contributed by atoms with Crippen LogP contribution in [0.15, 0.2) is 121 Å². The molecule has 7 rings (SSSR count). The van der Waals surface area contributed by atoms with Crippen LogP contribution in [0.25, 0.3) is 60.9 Å². The molecule has 1 aromatic heterocycles. The number of hydrogen-bond donors (Lipinski definition) is 0. The summed E-state index contributed by atoms with van der Waals surface area (Å²) in [6.07, 6.45) is 0. The van der Waals surface area contributed by atoms with Crippen LogP contribution in [0.5, 0.6) is 0 Å². The lowest BCUT2D eigenvalue weighted by Crippen LogP contribution is -1.98. The van der Waals surface area contributed by atoms with Crippen LogP contribution in [0.4, 0.5) is 0 Å². The number of aryl methyl sites for hydroxylation is 4. The summed E-state index contributed by atoms with van der Waals surface area (Å²) < 4.78 is 2.37. The molecule has 0 saturated heterocycles. The van der Waals surface area contributed by atoms with E-state index in [0.717, 1.165) is 27.8 Å². The fourth-order valence-corrected chi connectivity index (χ4v) is 6.64. The van der Waals surface area contributed by atoms with Gasteiger partial charge in [0.05, 0.1) is 28.4 Å². The van der Waals surface area contributed by atoms with Crippen LogP contribution in [-0.4, -0.2) is 4.57 Å². The van der Waals surface area contributed by atoms with Gasteiger partial charge in [-0.25, -0.2) is 0 Å². The van der Waals surface area contributed by atoms with Gasteiger partial charge in [-0.3, -0.25) is 0 Å². The zero-order valence-corrected chi connectivity index (χ0v) is 24.9. The Hall–Kier alpha value is -5.39. The van der Waals surface area contributed by atoms with Gasteiger partial charge in [-0.05, 0) is 86.3 Å². The maximum atomic E-state index is 9.94. The normalized spacial score (nSPS) is 11.2. The van der Waals surface area contributed by atoms with Gasteiger partial charge in [-0.2, -0.15) is 5.26 Å². The Bertz CT molecular complexity index is 2090. The first-order valence-electron chi connectivity index (χ1n) is 14.7. The van der Waals surface area contributed by atoms with E-state index in [-0.39, 0.29) is 0 Å². The van der Waals surface area contributed by atoms with E-state index >= 15 is 0 Å². The van der Waals surface area contributed by atoms with Crippen LogP contribution in [0, 0.1) is 39.0 Å². The zero-order chi connectivity index (χ0) is 29.7. The predicted molar refractivity (Wildman–Crippen MR) is 181 cm³/mol. The Morgan fingerprint density at radius 2 is 0.930 bits per heavy atom. The lowest BCUT2D eigenvalue weighted by Gasteiger charge is -2.15. The number of aromatic nitrogens is 1. The fraction of sp³-hybridized carbons (Fsp3) is 0.0976. The number of hydrogen-bond acceptors (Lipinski definition) is 1. The summed E-state index contributed by atoms with van der Waals surface area (Å²) >= 11 is 0. The average molecular weight is 553 g/mol. The third kappa shape index (κ3) is 4.70. The molecule has 0 saturated carbocycles. The van der Waals surface area contributed by atoms with Crippen LogP contribution in [0.3, 0.4) is 0 Å². The van der Waals surface area contributed by atoms with Gasteiger partial charge in [-0.15, -0.1) is 0 Å². The summed E-state index contributed by atoms with van der Waals surface area (Å²) in [7, 11) is 0. The molecule has 0 aliphatic rings. The van der Waals surface area contributed by atoms with Crippen molar-refractivity contribution in [2.75, 3.05) is 0 Å². The lowest BCUT2D eigenvalue weighted by molar-refractivity contribution is 1.18. The van der Waals surface area contributed by atoms with Gasteiger partial charge in [-0.1, -0.05) is 107 Å². The molecule has 0 aliphatic heterocycles. The van der Waals surface area contributed by atoms with E-state index in [4.69, 9.17) is 0 Å². The van der Waals surface area contributed by atoms with Crippen molar-refractivity contribution in [1.29, 1.82) is 5.26 Å². The maximum Gasteiger partial charge on any atom is 0.0998 e. The van der Waals surface area contributed by atoms with Crippen molar-refractivity contribution in [3.63, 3.8) is 0 Å². The maximum absolute atomic E-state index is 9.94. The van der Waals surface area contributed by atoms with Crippen LogP contribution >= 0.6 is 0 Å². The second-order valence-corrected chi connectivity index (χ2v) is 11.7. The van der Waals surface area contributed by atoms with Crippen LogP contribution < -0.4 is 0 Å². The first kappa shape index (κ1) is 26.5. The van der Waals surface area contributed by atoms with Gasteiger partial charge in [0.25, 0.3) is 0 Å². The van der Waals surface area contributed by atoms with Gasteiger partial charge in [0.15, 0.2) is 0 Å². The van der Waals surface area contributed by atoms with Gasteiger partial charge in [0, 0.05) is 21.9 Å². The number of fused-ring (bicyclic) bond motifs is 3. The van der Waals surface area contributed by atoms with E-state index in [0.29, 0.717) is 5.56 Å². The number of rotatable bonds is 4. The molecule has 0 aliphatic carbocycles. The largest absolute Gasteiger partial charge is 0.309 e. The molecule has 0 unspecified atom stereocenters. The second kappa shape index (κ2) is 10.5. The summed E-state index contributed by atoms with van der Waals surface area (Å²) in [5.41, 5.74) is 15.9. The lowest BCUT2D eigenvalue weighted by atomic mass is 9.97. The van der Waals surface area contributed by atoms with Gasteiger partial charge >= 0.3 is 0 Å². The summed E-state index contributed by atoms with van der Waals surface area (Å²) in [4.78, 5) is 0. The summed E-state index contributed by atoms with van der Waals surface area (Å²) in [6, 6.07) is 45.9. The monoisotopic (exact) mass is 552 g/mol. The van der Waals surface area contributed by atoms with Crippen LogP contribution in [0.2, 0.25) is 0 Å². The molecule has 0 radical (unpaired) electrons. The molecule has 0 bridgehead atoms. The average Bonchev–Trinajstić information content (AvgIpc) is 3.33. The quantitative estimate of drug-likeness (QED) is 0.213. The zero-order valence-electron chi connectivity index (χ0n) is 24.9. The molecule has 0 amide bonds. The van der Waals surface area contributed by atoms with E-state index in [1.165, 1.54) is 55.3 Å². The van der Waals surface area contributed by atoms with Gasteiger partial charge < -0.3 is 4.57 Å². The van der Waals surface area contributed by atoms with Gasteiger partial charge in [0.2, 0.25) is 0 Å². The molecule has 43 heavy (non-hydrogen) atoms. The molecule has 2 heteroatoms. The Morgan fingerprint density at radius 3 is 1.44 bits per heavy atom. The third-order valence-electron chi connectivity index (χ3n) is 8.36. The molecule has 0 atom stereocenters. The highest BCUT2D eigenvalue weighted by Crippen LogP contribution is 2.40. The minimum absolute atomic E-state index is 0.671. The van der Waals surface area contributed by atoms with E-state index < -0.39 is 0 Å². The Morgan fingerprint density at radius 1 is 0.465 bits per heavy atom. The van der Waals surface area contributed by atoms with Crippen molar-refractivity contribution in [3.8, 4) is 45.1 Å². The van der Waals surface area contributed by atoms with Crippen LogP contribution in [0.1, 0.15) is 27.8 Å². The van der Waals surface area contributed by atoms with Crippen molar-refractivity contribution in [2.45, 2.75) is 27.7 Å². The molecule has 6 aromatic carbocycles. The smallest absolute Gasteiger partial charge is 0.0998 e. The first-order chi connectivity index (χ1) is 20.9. The molecule has 0 N–H and O–H groups in total. The van der Waals surface area contributed by atoms with Crippen molar-refractivity contribution in [1.82, 2.24) is 4.57 Å². The predicted octanol–water partition coefficient (Wildman–Crippen LogP) is 10.9. The van der Waals surface area contributed by atoms with Crippen molar-refractivity contribution >= 4 is 21.8 Å². The van der Waals surface area contributed by atoms with E-state index in [1.807, 2.05) is 24.3 Å². The third-order valence-corrected chi connectivity index (χ3v) is 8.36. The standard InChI is InChI=1S/C41H32N2/c1-26-17-27(2)20-33(19-26)30-13-15-40-37(23-30)38-24-31(34-21-28(3)18-29(4)22-34)14-16-41(38)43(40)39-12-8-7-11-36(39)35-10-6-5-9-32(35)25-42/h5-24H,1-4H3. The minimum Gasteiger partial charge on any atom is -0.309 e. The summed E-state index contributed by atoms with van der Waals surface area (Å²) in [6.45, 7) is 8.64. The van der Waals surface area contributed by atoms with E-state index in [1.54, 1.807) is 0 Å².